The van der Waals surface area contributed by atoms with Gasteiger partial charge in [-0.25, -0.2) is 0 Å². The number of nitrogens with zero attached hydrogens (tertiary/aromatic N) is 3. The lowest BCUT2D eigenvalue weighted by molar-refractivity contribution is -0.117. The van der Waals surface area contributed by atoms with Gasteiger partial charge in [-0.05, 0) is 45.2 Å². The Hall–Kier alpha value is -2.41. The van der Waals surface area contributed by atoms with Crippen LogP contribution in [-0.4, -0.2) is 34.6 Å². The van der Waals surface area contributed by atoms with E-state index in [0.717, 1.165) is 11.1 Å². The normalized spacial score (nSPS) is 12.2. The molecule has 0 fully saturated rings. The van der Waals surface area contributed by atoms with Crippen LogP contribution in [0, 0.1) is 6.92 Å². The van der Waals surface area contributed by atoms with Gasteiger partial charge in [0.15, 0.2) is 0 Å². The second kappa shape index (κ2) is 8.73. The Morgan fingerprint density at radius 1 is 1.18 bits per heavy atom. The largest absolute Gasteiger partial charge is 0.419 e. The maximum Gasteiger partial charge on any atom is 0.247 e. The van der Waals surface area contributed by atoms with E-state index in [0.29, 0.717) is 27.5 Å². The molecule has 0 radical (unpaired) electrons. The summed E-state index contributed by atoms with van der Waals surface area (Å²) in [6.45, 7) is 4.00. The maximum atomic E-state index is 12.4. The Bertz CT molecular complexity index is 970. The van der Waals surface area contributed by atoms with Crippen molar-refractivity contribution in [3.8, 4) is 11.5 Å². The van der Waals surface area contributed by atoms with Gasteiger partial charge in [-0.15, -0.1) is 10.2 Å². The number of anilines is 1. The summed E-state index contributed by atoms with van der Waals surface area (Å²) in [5.41, 5.74) is 2.37. The number of benzene rings is 2. The molecule has 6 nitrogen and oxygen atoms in total. The van der Waals surface area contributed by atoms with Gasteiger partial charge in [0, 0.05) is 5.56 Å². The molecule has 0 spiro atoms. The predicted molar refractivity (Wildman–Crippen MR) is 111 cm³/mol. The third-order valence-electron chi connectivity index (χ3n) is 4.34. The molecule has 1 atom stereocenters. The smallest absolute Gasteiger partial charge is 0.247 e. The van der Waals surface area contributed by atoms with E-state index in [9.17, 15) is 4.79 Å². The molecule has 28 heavy (non-hydrogen) atoms. The Morgan fingerprint density at radius 3 is 2.54 bits per heavy atom. The topological polar surface area (TPSA) is 71.3 Å². The Labute approximate surface area is 173 Å². The highest BCUT2D eigenvalue weighted by molar-refractivity contribution is 6.39. The third kappa shape index (κ3) is 4.70. The fourth-order valence-corrected chi connectivity index (χ4v) is 3.14. The van der Waals surface area contributed by atoms with Gasteiger partial charge < -0.3 is 9.73 Å². The first-order chi connectivity index (χ1) is 13.3. The lowest BCUT2D eigenvalue weighted by Gasteiger charge is -2.21. The Kier molecular flexibility index (Phi) is 6.34. The predicted octanol–water partition coefficient (Wildman–Crippen LogP) is 4.98. The third-order valence-corrected chi connectivity index (χ3v) is 4.97. The van der Waals surface area contributed by atoms with Crippen LogP contribution in [0.25, 0.3) is 11.5 Å². The molecule has 0 aliphatic rings. The number of aryl methyl sites for hydroxylation is 1. The molecule has 0 saturated heterocycles. The van der Waals surface area contributed by atoms with Crippen LogP contribution in [0.2, 0.25) is 10.0 Å². The quantitative estimate of drug-likeness (QED) is 0.610. The monoisotopic (exact) mass is 418 g/mol. The molecule has 146 valence electrons. The van der Waals surface area contributed by atoms with E-state index in [1.54, 1.807) is 30.1 Å². The van der Waals surface area contributed by atoms with Gasteiger partial charge in [0.1, 0.15) is 0 Å². The SMILES string of the molecule is Cc1cccc(-c2nnc([C@H](C)N(C)CC(=O)Nc3c(Cl)cccc3Cl)o2)c1. The Morgan fingerprint density at radius 2 is 1.86 bits per heavy atom. The van der Waals surface area contributed by atoms with Gasteiger partial charge in [-0.1, -0.05) is 47.0 Å². The maximum absolute atomic E-state index is 12.4. The number of para-hydroxylation sites is 1. The summed E-state index contributed by atoms with van der Waals surface area (Å²) in [6.07, 6.45) is 0. The molecular weight excluding hydrogens is 399 g/mol. The number of rotatable bonds is 6. The molecule has 0 unspecified atom stereocenters. The number of carbonyl (C=O) groups excluding carboxylic acids is 1. The van der Waals surface area contributed by atoms with Gasteiger partial charge in [-0.2, -0.15) is 0 Å². The zero-order chi connectivity index (χ0) is 20.3. The van der Waals surface area contributed by atoms with E-state index >= 15 is 0 Å². The zero-order valence-corrected chi connectivity index (χ0v) is 17.3. The number of aromatic nitrogens is 2. The molecule has 1 N–H and O–H groups in total. The van der Waals surface area contributed by atoms with Gasteiger partial charge in [0.2, 0.25) is 17.7 Å². The van der Waals surface area contributed by atoms with E-state index in [-0.39, 0.29) is 18.5 Å². The molecule has 0 aliphatic heterocycles. The number of hydrogen-bond acceptors (Lipinski definition) is 5. The molecule has 0 saturated carbocycles. The first kappa shape index (κ1) is 20.3. The van der Waals surface area contributed by atoms with Crippen LogP contribution in [-0.2, 0) is 4.79 Å². The van der Waals surface area contributed by atoms with Crippen LogP contribution in [0.15, 0.2) is 46.9 Å². The van der Waals surface area contributed by atoms with Gasteiger partial charge >= 0.3 is 0 Å². The lowest BCUT2D eigenvalue weighted by atomic mass is 10.1. The van der Waals surface area contributed by atoms with Crippen LogP contribution in [0.1, 0.15) is 24.4 Å². The standard InChI is InChI=1S/C20H20Cl2N4O2/c1-12-6-4-7-14(10-12)20-25-24-19(28-20)13(2)26(3)11-17(27)23-18-15(21)8-5-9-16(18)22/h4-10,13H,11H2,1-3H3,(H,23,27)/t13-/m0/s1. The van der Waals surface area contributed by atoms with E-state index in [1.165, 1.54) is 0 Å². The lowest BCUT2D eigenvalue weighted by Crippen LogP contribution is -2.32. The first-order valence-corrected chi connectivity index (χ1v) is 9.45. The minimum atomic E-state index is -0.251. The van der Waals surface area contributed by atoms with Gasteiger partial charge in [0.05, 0.1) is 28.3 Å². The molecule has 1 heterocycles. The van der Waals surface area contributed by atoms with Crippen molar-refractivity contribution < 1.29 is 9.21 Å². The number of hydrogen-bond donors (Lipinski definition) is 1. The van der Waals surface area contributed by atoms with Crippen molar-refractivity contribution in [2.24, 2.45) is 0 Å². The van der Waals surface area contributed by atoms with Gasteiger partial charge in [-0.3, -0.25) is 9.69 Å². The summed E-state index contributed by atoms with van der Waals surface area (Å²) >= 11 is 12.2. The fourth-order valence-electron chi connectivity index (χ4n) is 2.65. The average Bonchev–Trinajstić information content (AvgIpc) is 3.14. The van der Waals surface area contributed by atoms with E-state index in [2.05, 4.69) is 15.5 Å². The number of likely N-dealkylation sites (N-methyl/N-ethyl adjacent to an activating group) is 1. The highest BCUT2D eigenvalue weighted by atomic mass is 35.5. The molecule has 3 aromatic rings. The molecule has 1 aromatic heterocycles. The zero-order valence-electron chi connectivity index (χ0n) is 15.7. The fraction of sp³-hybridized carbons (Fsp3) is 0.250. The minimum absolute atomic E-state index is 0.102. The van der Waals surface area contributed by atoms with Crippen LogP contribution in [0.4, 0.5) is 5.69 Å². The van der Waals surface area contributed by atoms with E-state index in [1.807, 2.05) is 38.1 Å². The van der Waals surface area contributed by atoms with Crippen molar-refractivity contribution in [3.05, 3.63) is 64.0 Å². The van der Waals surface area contributed by atoms with E-state index < -0.39 is 0 Å². The Balaban J connectivity index is 1.66. The molecular formula is C20H20Cl2N4O2. The van der Waals surface area contributed by atoms with Gasteiger partial charge in [0.25, 0.3) is 0 Å². The summed E-state index contributed by atoms with van der Waals surface area (Å²) in [7, 11) is 1.80. The minimum Gasteiger partial charge on any atom is -0.419 e. The highest BCUT2D eigenvalue weighted by Crippen LogP contribution is 2.30. The summed E-state index contributed by atoms with van der Waals surface area (Å²) in [5.74, 6) is 0.636. The molecule has 3 rings (SSSR count). The average molecular weight is 419 g/mol. The summed E-state index contributed by atoms with van der Waals surface area (Å²) in [5, 5.41) is 11.8. The number of amides is 1. The number of halogens is 2. The van der Waals surface area contributed by atoms with Crippen LogP contribution in [0.3, 0.4) is 0 Å². The second-order valence-corrected chi connectivity index (χ2v) is 7.37. The van der Waals surface area contributed by atoms with Crippen molar-refractivity contribution in [1.82, 2.24) is 15.1 Å². The van der Waals surface area contributed by atoms with Crippen LogP contribution >= 0.6 is 23.2 Å². The van der Waals surface area contributed by atoms with Crippen molar-refractivity contribution in [3.63, 3.8) is 0 Å². The first-order valence-electron chi connectivity index (χ1n) is 8.69. The summed E-state index contributed by atoms with van der Waals surface area (Å²) in [6, 6.07) is 12.6. The van der Waals surface area contributed by atoms with Crippen molar-refractivity contribution in [2.45, 2.75) is 19.9 Å². The molecule has 1 amide bonds. The summed E-state index contributed by atoms with van der Waals surface area (Å²) < 4.78 is 5.81. The van der Waals surface area contributed by atoms with Crippen molar-refractivity contribution >= 4 is 34.8 Å². The molecule has 2 aromatic carbocycles. The highest BCUT2D eigenvalue weighted by Gasteiger charge is 2.21. The summed E-state index contributed by atoms with van der Waals surface area (Å²) in [4.78, 5) is 14.2. The van der Waals surface area contributed by atoms with Crippen molar-refractivity contribution in [2.75, 3.05) is 18.9 Å². The van der Waals surface area contributed by atoms with E-state index in [4.69, 9.17) is 27.6 Å². The molecule has 0 aliphatic carbocycles. The van der Waals surface area contributed by atoms with Crippen LogP contribution < -0.4 is 5.32 Å². The second-order valence-electron chi connectivity index (χ2n) is 6.55. The van der Waals surface area contributed by atoms with Crippen LogP contribution in [0.5, 0.6) is 0 Å². The number of carbonyl (C=O) groups is 1. The molecule has 0 bridgehead atoms. The van der Waals surface area contributed by atoms with Crippen molar-refractivity contribution in [1.29, 1.82) is 0 Å². The molecule has 8 heteroatoms. The number of nitrogens with one attached hydrogen (secondary N) is 1.